The lowest BCUT2D eigenvalue weighted by molar-refractivity contribution is 0.618. The van der Waals surface area contributed by atoms with Crippen molar-refractivity contribution < 1.29 is 4.39 Å². The van der Waals surface area contributed by atoms with E-state index in [0.29, 0.717) is 17.9 Å². The Morgan fingerprint density at radius 3 is 2.67 bits per heavy atom. The minimum absolute atomic E-state index is 0.196. The van der Waals surface area contributed by atoms with Crippen molar-refractivity contribution in [2.75, 3.05) is 5.88 Å². The Balaban J connectivity index is 2.30. The molecule has 3 rings (SSSR count). The quantitative estimate of drug-likeness (QED) is 0.648. The fraction of sp³-hybridized carbons (Fsp3) is 0.235. The smallest absolute Gasteiger partial charge is 0.126 e. The molecule has 0 radical (unpaired) electrons. The fourth-order valence-electron chi connectivity index (χ4n) is 2.60. The van der Waals surface area contributed by atoms with Crippen molar-refractivity contribution in [2.45, 2.75) is 20.3 Å². The summed E-state index contributed by atoms with van der Waals surface area (Å²) < 4.78 is 15.6. The largest absolute Gasteiger partial charge is 0.296 e. The molecule has 1 aromatic heterocycles. The van der Waals surface area contributed by atoms with Crippen LogP contribution in [0.2, 0.25) is 0 Å². The Hall–Kier alpha value is -1.87. The van der Waals surface area contributed by atoms with Gasteiger partial charge in [-0.2, -0.15) is 0 Å². The van der Waals surface area contributed by atoms with E-state index in [-0.39, 0.29) is 5.82 Å². The SMILES string of the molecule is Cc1cc(-n2c(CCCl)nc3c(C)cccc32)ccc1F. The van der Waals surface area contributed by atoms with Gasteiger partial charge in [0.25, 0.3) is 0 Å². The molecule has 0 amide bonds. The van der Waals surface area contributed by atoms with E-state index in [2.05, 4.69) is 4.57 Å². The van der Waals surface area contributed by atoms with E-state index in [1.807, 2.05) is 31.2 Å². The van der Waals surface area contributed by atoms with Crippen LogP contribution in [-0.4, -0.2) is 15.4 Å². The molecule has 0 unspecified atom stereocenters. The van der Waals surface area contributed by atoms with Crippen LogP contribution in [0.15, 0.2) is 36.4 Å². The molecule has 0 spiro atoms. The first-order chi connectivity index (χ1) is 10.1. The zero-order valence-corrected chi connectivity index (χ0v) is 12.8. The number of hydrogen-bond donors (Lipinski definition) is 0. The van der Waals surface area contributed by atoms with Crippen LogP contribution in [0.1, 0.15) is 17.0 Å². The number of halogens is 2. The third-order valence-corrected chi connectivity index (χ3v) is 3.86. The van der Waals surface area contributed by atoms with Crippen LogP contribution in [-0.2, 0) is 6.42 Å². The average Bonchev–Trinajstić information content (AvgIpc) is 2.82. The molecule has 0 bridgehead atoms. The highest BCUT2D eigenvalue weighted by atomic mass is 35.5. The van der Waals surface area contributed by atoms with Gasteiger partial charge in [-0.05, 0) is 49.2 Å². The van der Waals surface area contributed by atoms with Gasteiger partial charge in [-0.1, -0.05) is 12.1 Å². The van der Waals surface area contributed by atoms with E-state index in [9.17, 15) is 4.39 Å². The third kappa shape index (κ3) is 2.42. The summed E-state index contributed by atoms with van der Waals surface area (Å²) in [6.07, 6.45) is 0.673. The summed E-state index contributed by atoms with van der Waals surface area (Å²) in [6, 6.07) is 11.2. The van der Waals surface area contributed by atoms with Crippen molar-refractivity contribution in [1.82, 2.24) is 9.55 Å². The van der Waals surface area contributed by atoms with Crippen molar-refractivity contribution in [2.24, 2.45) is 0 Å². The summed E-state index contributed by atoms with van der Waals surface area (Å²) in [5.41, 5.74) is 4.67. The summed E-state index contributed by atoms with van der Waals surface area (Å²) in [6.45, 7) is 3.81. The van der Waals surface area contributed by atoms with E-state index >= 15 is 0 Å². The Kier molecular flexibility index (Phi) is 3.68. The van der Waals surface area contributed by atoms with Gasteiger partial charge in [0.2, 0.25) is 0 Å². The standard InChI is InChI=1S/C17H16ClFN2/c1-11-4-3-5-15-17(11)20-16(8-9-18)21(15)13-6-7-14(19)12(2)10-13/h3-7,10H,8-9H2,1-2H3. The lowest BCUT2D eigenvalue weighted by Crippen LogP contribution is -2.03. The highest BCUT2D eigenvalue weighted by Gasteiger charge is 2.14. The first-order valence-electron chi connectivity index (χ1n) is 6.91. The molecule has 2 nitrogen and oxygen atoms in total. The minimum Gasteiger partial charge on any atom is -0.296 e. The number of alkyl halides is 1. The topological polar surface area (TPSA) is 17.8 Å². The van der Waals surface area contributed by atoms with Crippen LogP contribution < -0.4 is 0 Å². The Morgan fingerprint density at radius 2 is 1.95 bits per heavy atom. The van der Waals surface area contributed by atoms with Crippen LogP contribution in [0.3, 0.4) is 0 Å². The number of para-hydroxylation sites is 1. The summed E-state index contributed by atoms with van der Waals surface area (Å²) in [7, 11) is 0. The first kappa shape index (κ1) is 14.1. The molecule has 0 fully saturated rings. The summed E-state index contributed by atoms with van der Waals surface area (Å²) >= 11 is 5.91. The molecule has 21 heavy (non-hydrogen) atoms. The van der Waals surface area contributed by atoms with Gasteiger partial charge in [-0.15, -0.1) is 11.6 Å². The maximum Gasteiger partial charge on any atom is 0.126 e. The number of rotatable bonds is 3. The highest BCUT2D eigenvalue weighted by Crippen LogP contribution is 2.25. The average molecular weight is 303 g/mol. The van der Waals surface area contributed by atoms with Crippen molar-refractivity contribution in [3.05, 3.63) is 59.2 Å². The number of imidazole rings is 1. The van der Waals surface area contributed by atoms with Crippen LogP contribution in [0.5, 0.6) is 0 Å². The zero-order valence-electron chi connectivity index (χ0n) is 12.0. The van der Waals surface area contributed by atoms with Gasteiger partial charge in [0.05, 0.1) is 11.0 Å². The molecule has 108 valence electrons. The number of hydrogen-bond acceptors (Lipinski definition) is 1. The number of benzene rings is 2. The molecule has 0 saturated heterocycles. The molecular weight excluding hydrogens is 287 g/mol. The van der Waals surface area contributed by atoms with Crippen LogP contribution in [0.4, 0.5) is 4.39 Å². The molecular formula is C17H16ClFN2. The Labute approximate surface area is 128 Å². The van der Waals surface area contributed by atoms with Gasteiger partial charge in [-0.25, -0.2) is 9.37 Å². The van der Waals surface area contributed by atoms with Crippen molar-refractivity contribution in [3.8, 4) is 5.69 Å². The maximum absolute atomic E-state index is 13.5. The van der Waals surface area contributed by atoms with Gasteiger partial charge in [0.1, 0.15) is 11.6 Å². The van der Waals surface area contributed by atoms with Crippen molar-refractivity contribution >= 4 is 22.6 Å². The van der Waals surface area contributed by atoms with E-state index in [0.717, 1.165) is 28.1 Å². The molecule has 0 N–H and O–H groups in total. The Morgan fingerprint density at radius 1 is 1.14 bits per heavy atom. The van der Waals surface area contributed by atoms with E-state index in [4.69, 9.17) is 16.6 Å². The molecule has 0 aliphatic rings. The molecule has 0 saturated carbocycles. The molecule has 3 aromatic rings. The summed E-state index contributed by atoms with van der Waals surface area (Å²) in [5, 5.41) is 0. The molecule has 0 aliphatic heterocycles. The van der Waals surface area contributed by atoms with E-state index in [1.54, 1.807) is 13.0 Å². The lowest BCUT2D eigenvalue weighted by Gasteiger charge is -2.10. The number of aromatic nitrogens is 2. The molecule has 0 aliphatic carbocycles. The van der Waals surface area contributed by atoms with Gasteiger partial charge in [-0.3, -0.25) is 4.57 Å². The van der Waals surface area contributed by atoms with Crippen LogP contribution in [0, 0.1) is 19.7 Å². The second-order valence-electron chi connectivity index (χ2n) is 5.18. The predicted octanol–water partition coefficient (Wildman–Crippen LogP) is 4.56. The van der Waals surface area contributed by atoms with Gasteiger partial charge < -0.3 is 0 Å². The van der Waals surface area contributed by atoms with Gasteiger partial charge in [0.15, 0.2) is 0 Å². The molecule has 4 heteroatoms. The third-order valence-electron chi connectivity index (χ3n) is 3.67. The molecule has 0 atom stereocenters. The number of nitrogens with zero attached hydrogens (tertiary/aromatic N) is 2. The zero-order chi connectivity index (χ0) is 15.0. The van der Waals surface area contributed by atoms with Crippen molar-refractivity contribution in [1.29, 1.82) is 0 Å². The molecule has 2 aromatic carbocycles. The normalized spacial score (nSPS) is 11.2. The van der Waals surface area contributed by atoms with Gasteiger partial charge in [0, 0.05) is 18.0 Å². The Bertz CT molecular complexity index is 808. The predicted molar refractivity (Wildman–Crippen MR) is 84.9 cm³/mol. The highest BCUT2D eigenvalue weighted by molar-refractivity contribution is 6.17. The van der Waals surface area contributed by atoms with Crippen LogP contribution in [0.25, 0.3) is 16.7 Å². The molecule has 1 heterocycles. The lowest BCUT2D eigenvalue weighted by atomic mass is 10.2. The van der Waals surface area contributed by atoms with Crippen LogP contribution >= 0.6 is 11.6 Å². The van der Waals surface area contributed by atoms with Crippen molar-refractivity contribution in [3.63, 3.8) is 0 Å². The minimum atomic E-state index is -0.196. The second kappa shape index (κ2) is 5.49. The monoisotopic (exact) mass is 302 g/mol. The van der Waals surface area contributed by atoms with E-state index < -0.39 is 0 Å². The van der Waals surface area contributed by atoms with E-state index in [1.165, 1.54) is 6.07 Å². The number of fused-ring (bicyclic) bond motifs is 1. The number of aryl methyl sites for hydroxylation is 3. The second-order valence-corrected chi connectivity index (χ2v) is 5.56. The summed E-state index contributed by atoms with van der Waals surface area (Å²) in [4.78, 5) is 4.72. The van der Waals surface area contributed by atoms with Gasteiger partial charge >= 0.3 is 0 Å². The fourth-order valence-corrected chi connectivity index (χ4v) is 2.76. The summed E-state index contributed by atoms with van der Waals surface area (Å²) in [5.74, 6) is 1.21. The first-order valence-corrected chi connectivity index (χ1v) is 7.44. The maximum atomic E-state index is 13.5.